The van der Waals surface area contributed by atoms with E-state index in [1.165, 1.54) is 19.1 Å². The van der Waals surface area contributed by atoms with Gasteiger partial charge in [-0.3, -0.25) is 4.90 Å². The van der Waals surface area contributed by atoms with E-state index in [0.29, 0.717) is 16.8 Å². The molecule has 2 heterocycles. The Morgan fingerprint density at radius 3 is 2.21 bits per heavy atom. The molecular weight excluding hydrogens is 494 g/mol. The highest BCUT2D eigenvalue weighted by Gasteiger charge is 2.43. The number of anilines is 1. The van der Waals surface area contributed by atoms with Crippen molar-refractivity contribution in [2.24, 2.45) is 12.8 Å². The zero-order chi connectivity index (χ0) is 27.7. The minimum Gasteiger partial charge on any atom is -0.466 e. The second-order valence-corrected chi connectivity index (χ2v) is 8.87. The van der Waals surface area contributed by atoms with Crippen LogP contribution in [-0.4, -0.2) is 35.7 Å². The zero-order valence-corrected chi connectivity index (χ0v) is 21.6. The number of carbonyl (C=O) groups excluding carboxylic acids is 2. The quantitative estimate of drug-likeness (QED) is 0.390. The number of esters is 2. The zero-order valence-electron chi connectivity index (χ0n) is 21.6. The first kappa shape index (κ1) is 25.3. The molecule has 0 fully saturated rings. The Hall–Kier alpha value is -5.36. The van der Waals surface area contributed by atoms with Crippen molar-refractivity contribution in [3.8, 4) is 17.5 Å². The molecule has 0 saturated carbocycles. The minimum atomic E-state index is -0.933. The van der Waals surface area contributed by atoms with Gasteiger partial charge in [0.2, 0.25) is 0 Å². The van der Waals surface area contributed by atoms with Crippen LogP contribution in [0.5, 0.6) is 0 Å². The average molecular weight is 520 g/mol. The van der Waals surface area contributed by atoms with E-state index in [4.69, 9.17) is 20.2 Å². The van der Waals surface area contributed by atoms with Crippen LogP contribution in [0.2, 0.25) is 0 Å². The molecule has 1 aliphatic heterocycles. The molecule has 0 bridgehead atoms. The van der Waals surface area contributed by atoms with Crippen LogP contribution in [0.4, 0.5) is 5.69 Å². The Balaban J connectivity index is 1.77. The number of allylic oxidation sites excluding steroid dienone is 1. The molecule has 9 nitrogen and oxygen atoms in total. The van der Waals surface area contributed by atoms with Gasteiger partial charge in [-0.1, -0.05) is 60.7 Å². The molecule has 1 aromatic heterocycles. The highest BCUT2D eigenvalue weighted by Crippen LogP contribution is 2.43. The fourth-order valence-electron chi connectivity index (χ4n) is 4.95. The predicted molar refractivity (Wildman–Crippen MR) is 146 cm³/mol. The van der Waals surface area contributed by atoms with Crippen LogP contribution in [0.15, 0.2) is 102 Å². The summed E-state index contributed by atoms with van der Waals surface area (Å²) in [7, 11) is 4.35. The Kier molecular flexibility index (Phi) is 6.61. The number of methoxy groups -OCH3 is 2. The van der Waals surface area contributed by atoms with Gasteiger partial charge in [0, 0.05) is 12.6 Å². The Morgan fingerprint density at radius 1 is 0.949 bits per heavy atom. The lowest BCUT2D eigenvalue weighted by molar-refractivity contribution is -0.139. The lowest BCUT2D eigenvalue weighted by Gasteiger charge is -2.35. The molecule has 4 aromatic rings. The number of rotatable bonds is 5. The van der Waals surface area contributed by atoms with Crippen molar-refractivity contribution < 1.29 is 19.1 Å². The number of nitriles is 1. The summed E-state index contributed by atoms with van der Waals surface area (Å²) < 4.78 is 12.2. The fraction of sp³-hybridized carbons (Fsp3) is 0.133. The van der Waals surface area contributed by atoms with Crippen LogP contribution in [0.1, 0.15) is 11.5 Å². The third kappa shape index (κ3) is 4.18. The van der Waals surface area contributed by atoms with Gasteiger partial charge >= 0.3 is 11.9 Å². The summed E-state index contributed by atoms with van der Waals surface area (Å²) in [4.78, 5) is 32.7. The molecule has 0 saturated heterocycles. The summed E-state index contributed by atoms with van der Waals surface area (Å²) in [6.07, 6.45) is 0. The molecule has 194 valence electrons. The molecule has 1 aliphatic rings. The maximum Gasteiger partial charge on any atom is 0.355 e. The molecule has 2 N–H and O–H groups in total. The van der Waals surface area contributed by atoms with Crippen LogP contribution in [0.25, 0.3) is 22.4 Å². The maximum absolute atomic E-state index is 13.3. The van der Waals surface area contributed by atoms with Crippen molar-refractivity contribution in [3.05, 3.63) is 107 Å². The first-order valence-corrected chi connectivity index (χ1v) is 12.1. The summed E-state index contributed by atoms with van der Waals surface area (Å²) in [5, 5.41) is 10.2. The predicted octanol–water partition coefficient (Wildman–Crippen LogP) is 4.14. The summed E-state index contributed by atoms with van der Waals surface area (Å²) in [5.41, 5.74) is 9.98. The van der Waals surface area contributed by atoms with E-state index in [2.05, 4.69) is 6.07 Å². The lowest BCUT2D eigenvalue weighted by Crippen LogP contribution is -2.40. The van der Waals surface area contributed by atoms with E-state index in [-0.39, 0.29) is 22.7 Å². The van der Waals surface area contributed by atoms with Crippen molar-refractivity contribution in [2.45, 2.75) is 5.92 Å². The molecule has 0 spiro atoms. The third-order valence-corrected chi connectivity index (χ3v) is 6.76. The molecule has 0 radical (unpaired) electrons. The van der Waals surface area contributed by atoms with Gasteiger partial charge in [-0.2, -0.15) is 5.26 Å². The maximum atomic E-state index is 13.3. The number of aryl methyl sites for hydroxylation is 1. The normalized spacial score (nSPS) is 15.3. The number of nitrogens with two attached hydrogens (primary N) is 1. The highest BCUT2D eigenvalue weighted by molar-refractivity contribution is 6.06. The van der Waals surface area contributed by atoms with E-state index in [1.54, 1.807) is 36.4 Å². The number of nitrogens with zero attached hydrogens (tertiary/aromatic N) is 4. The van der Waals surface area contributed by atoms with E-state index in [0.717, 1.165) is 16.9 Å². The van der Waals surface area contributed by atoms with Gasteiger partial charge < -0.3 is 19.8 Å². The highest BCUT2D eigenvalue weighted by atomic mass is 16.5. The SMILES string of the molecule is COC(=O)C1=C(C(=O)OC)N(c2ccc3c(c2)nc(-c2ccccc2)n3C)C(N)=C(C#N)C1c1ccccc1. The number of fused-ring (bicyclic) bond motifs is 1. The van der Waals surface area contributed by atoms with E-state index in [1.807, 2.05) is 54.1 Å². The monoisotopic (exact) mass is 519 g/mol. The minimum absolute atomic E-state index is 0.00188. The van der Waals surface area contributed by atoms with Gasteiger partial charge in [-0.05, 0) is 23.8 Å². The van der Waals surface area contributed by atoms with Gasteiger partial charge in [-0.15, -0.1) is 0 Å². The second kappa shape index (κ2) is 10.2. The smallest absolute Gasteiger partial charge is 0.355 e. The standard InChI is InChI=1S/C30H25N5O4/c1-34-23-15-14-20(16-22(23)33-28(34)19-12-8-5-9-13-19)35-26(30(37)39-3)25(29(36)38-2)24(21(17-31)27(35)32)18-10-6-4-7-11-18/h4-16,24H,32H2,1-3H3. The van der Waals surface area contributed by atoms with E-state index >= 15 is 0 Å². The van der Waals surface area contributed by atoms with Gasteiger partial charge in [0.25, 0.3) is 0 Å². The van der Waals surface area contributed by atoms with Gasteiger partial charge in [0.15, 0.2) is 0 Å². The number of hydrogen-bond acceptors (Lipinski definition) is 8. The third-order valence-electron chi connectivity index (χ3n) is 6.76. The first-order valence-electron chi connectivity index (χ1n) is 12.1. The molecule has 39 heavy (non-hydrogen) atoms. The summed E-state index contributed by atoms with van der Waals surface area (Å²) in [6, 6.07) is 26.1. The van der Waals surface area contributed by atoms with Crippen LogP contribution in [0.3, 0.4) is 0 Å². The number of aromatic nitrogens is 2. The number of hydrogen-bond donors (Lipinski definition) is 1. The number of carbonyl (C=O) groups is 2. The molecule has 5 rings (SSSR count). The van der Waals surface area contributed by atoms with Gasteiger partial charge in [0.1, 0.15) is 17.3 Å². The molecule has 9 heteroatoms. The van der Waals surface area contributed by atoms with Crippen LogP contribution in [-0.2, 0) is 26.1 Å². The number of imidazole rings is 1. The summed E-state index contributed by atoms with van der Waals surface area (Å²) >= 11 is 0. The Labute approximate surface area is 225 Å². The second-order valence-electron chi connectivity index (χ2n) is 8.87. The molecule has 0 aliphatic carbocycles. The summed E-state index contributed by atoms with van der Waals surface area (Å²) in [5.74, 6) is -1.76. The fourth-order valence-corrected chi connectivity index (χ4v) is 4.95. The Morgan fingerprint density at radius 2 is 1.59 bits per heavy atom. The molecule has 1 unspecified atom stereocenters. The topological polar surface area (TPSA) is 123 Å². The van der Waals surface area contributed by atoms with E-state index in [9.17, 15) is 14.9 Å². The van der Waals surface area contributed by atoms with Crippen LogP contribution < -0.4 is 10.6 Å². The molecule has 1 atom stereocenters. The number of benzene rings is 3. The van der Waals surface area contributed by atoms with Gasteiger partial charge in [-0.25, -0.2) is 14.6 Å². The number of ether oxygens (including phenoxy) is 2. The lowest BCUT2D eigenvalue weighted by atomic mass is 9.81. The Bertz CT molecular complexity index is 1700. The van der Waals surface area contributed by atoms with Crippen molar-refractivity contribution in [3.63, 3.8) is 0 Å². The first-order chi connectivity index (χ1) is 18.9. The van der Waals surface area contributed by atoms with Crippen molar-refractivity contribution >= 4 is 28.7 Å². The van der Waals surface area contributed by atoms with Crippen molar-refractivity contribution in [2.75, 3.05) is 19.1 Å². The van der Waals surface area contributed by atoms with Crippen LogP contribution >= 0.6 is 0 Å². The largest absolute Gasteiger partial charge is 0.466 e. The van der Waals surface area contributed by atoms with E-state index < -0.39 is 17.9 Å². The van der Waals surface area contributed by atoms with Crippen molar-refractivity contribution in [1.29, 1.82) is 5.26 Å². The van der Waals surface area contributed by atoms with Gasteiger partial charge in [0.05, 0.1) is 54.1 Å². The summed E-state index contributed by atoms with van der Waals surface area (Å²) in [6.45, 7) is 0. The average Bonchev–Trinajstić information content (AvgIpc) is 3.31. The molecule has 3 aromatic carbocycles. The molecular formula is C30H25N5O4. The van der Waals surface area contributed by atoms with Crippen LogP contribution in [0, 0.1) is 11.3 Å². The van der Waals surface area contributed by atoms with Crippen molar-refractivity contribution in [1.82, 2.24) is 9.55 Å². The molecule has 0 amide bonds.